The van der Waals surface area contributed by atoms with E-state index in [1.807, 2.05) is 0 Å². The Balaban J connectivity index is 2.37. The Labute approximate surface area is 124 Å². The van der Waals surface area contributed by atoms with E-state index in [9.17, 15) is 14.9 Å². The summed E-state index contributed by atoms with van der Waals surface area (Å²) in [4.78, 5) is 34.0. The highest BCUT2D eigenvalue weighted by Gasteiger charge is 2.25. The van der Waals surface area contributed by atoms with Gasteiger partial charge in [0.2, 0.25) is 11.1 Å². The standard InChI is InChI=1S/C12H10ClN5O3/c1-6-5-7(2)16-12(15-6)17-11(19)8-3-4-14-10(13)9(8)18(20)21/h3-5H,1-2H3,(H,15,16,17,19). The summed E-state index contributed by atoms with van der Waals surface area (Å²) in [6.07, 6.45) is 1.21. The molecular formula is C12H10ClN5O3. The largest absolute Gasteiger partial charge is 0.319 e. The zero-order valence-electron chi connectivity index (χ0n) is 11.1. The van der Waals surface area contributed by atoms with Crippen molar-refractivity contribution in [1.29, 1.82) is 0 Å². The van der Waals surface area contributed by atoms with E-state index < -0.39 is 16.5 Å². The number of nitrogens with zero attached hydrogens (tertiary/aromatic N) is 4. The highest BCUT2D eigenvalue weighted by atomic mass is 35.5. The number of amides is 1. The molecule has 1 N–H and O–H groups in total. The molecule has 108 valence electrons. The summed E-state index contributed by atoms with van der Waals surface area (Å²) in [5.74, 6) is -0.657. The maximum atomic E-state index is 12.1. The molecule has 0 saturated carbocycles. The van der Waals surface area contributed by atoms with E-state index in [1.54, 1.807) is 19.9 Å². The predicted octanol–water partition coefficient (Wildman–Crippen LogP) is 2.30. The molecule has 9 heteroatoms. The normalized spacial score (nSPS) is 10.2. The Morgan fingerprint density at radius 1 is 1.33 bits per heavy atom. The van der Waals surface area contributed by atoms with E-state index in [4.69, 9.17) is 11.6 Å². The molecule has 0 aliphatic rings. The van der Waals surface area contributed by atoms with Crippen molar-refractivity contribution in [3.63, 3.8) is 0 Å². The van der Waals surface area contributed by atoms with Gasteiger partial charge in [-0.3, -0.25) is 20.2 Å². The van der Waals surface area contributed by atoms with Crippen molar-refractivity contribution in [2.24, 2.45) is 0 Å². The van der Waals surface area contributed by atoms with Crippen LogP contribution in [0.3, 0.4) is 0 Å². The van der Waals surface area contributed by atoms with Crippen molar-refractivity contribution in [1.82, 2.24) is 15.0 Å². The number of aromatic nitrogens is 3. The van der Waals surface area contributed by atoms with Crippen molar-refractivity contribution in [2.45, 2.75) is 13.8 Å². The Hall–Kier alpha value is -2.61. The molecule has 0 radical (unpaired) electrons. The lowest BCUT2D eigenvalue weighted by atomic mass is 10.2. The minimum Gasteiger partial charge on any atom is -0.290 e. The van der Waals surface area contributed by atoms with Crippen LogP contribution < -0.4 is 5.32 Å². The van der Waals surface area contributed by atoms with E-state index >= 15 is 0 Å². The third kappa shape index (κ3) is 3.29. The van der Waals surface area contributed by atoms with E-state index in [0.717, 1.165) is 0 Å². The third-order valence-corrected chi connectivity index (χ3v) is 2.79. The first-order valence-electron chi connectivity index (χ1n) is 5.81. The Bertz CT molecular complexity index is 715. The molecule has 0 bridgehead atoms. The number of nitrogens with one attached hydrogen (secondary N) is 1. The Morgan fingerprint density at radius 2 is 1.95 bits per heavy atom. The number of hydrogen-bond acceptors (Lipinski definition) is 6. The van der Waals surface area contributed by atoms with Crippen LogP contribution in [0.25, 0.3) is 0 Å². The molecule has 0 atom stereocenters. The molecule has 2 aromatic heterocycles. The quantitative estimate of drug-likeness (QED) is 0.529. The second kappa shape index (κ2) is 5.80. The van der Waals surface area contributed by atoms with E-state index in [2.05, 4.69) is 20.3 Å². The fourth-order valence-electron chi connectivity index (χ4n) is 1.74. The van der Waals surface area contributed by atoms with Gasteiger partial charge in [0.05, 0.1) is 4.92 Å². The van der Waals surface area contributed by atoms with Gasteiger partial charge < -0.3 is 0 Å². The van der Waals surface area contributed by atoms with Crippen LogP contribution >= 0.6 is 11.6 Å². The second-order valence-electron chi connectivity index (χ2n) is 4.18. The summed E-state index contributed by atoms with van der Waals surface area (Å²) in [6.45, 7) is 3.49. The number of carbonyl (C=O) groups is 1. The minimum atomic E-state index is -0.757. The SMILES string of the molecule is Cc1cc(C)nc(NC(=O)c2ccnc(Cl)c2[N+](=O)[O-])n1. The molecule has 0 aliphatic carbocycles. The maximum Gasteiger partial charge on any atom is 0.319 e. The molecule has 21 heavy (non-hydrogen) atoms. The van der Waals surface area contributed by atoms with Crippen LogP contribution in [0, 0.1) is 24.0 Å². The van der Waals surface area contributed by atoms with Gasteiger partial charge >= 0.3 is 5.69 Å². The van der Waals surface area contributed by atoms with Gasteiger partial charge in [-0.1, -0.05) is 11.6 Å². The monoisotopic (exact) mass is 307 g/mol. The van der Waals surface area contributed by atoms with Gasteiger partial charge in [-0.25, -0.2) is 15.0 Å². The third-order valence-electron chi connectivity index (χ3n) is 2.51. The van der Waals surface area contributed by atoms with Crippen molar-refractivity contribution in [3.05, 3.63) is 50.5 Å². The zero-order valence-corrected chi connectivity index (χ0v) is 11.9. The first-order valence-corrected chi connectivity index (χ1v) is 6.19. The molecule has 0 spiro atoms. The smallest absolute Gasteiger partial charge is 0.290 e. The van der Waals surface area contributed by atoms with Gasteiger partial charge in [0, 0.05) is 17.6 Å². The molecule has 0 unspecified atom stereocenters. The van der Waals surface area contributed by atoms with E-state index in [1.165, 1.54) is 12.3 Å². The number of anilines is 1. The topological polar surface area (TPSA) is 111 Å². The van der Waals surface area contributed by atoms with Crippen molar-refractivity contribution in [2.75, 3.05) is 5.32 Å². The number of aryl methyl sites for hydroxylation is 2. The Morgan fingerprint density at radius 3 is 2.52 bits per heavy atom. The van der Waals surface area contributed by atoms with Crippen molar-refractivity contribution < 1.29 is 9.72 Å². The molecule has 0 saturated heterocycles. The lowest BCUT2D eigenvalue weighted by molar-refractivity contribution is -0.385. The molecule has 0 aromatic carbocycles. The van der Waals surface area contributed by atoms with Crippen LogP contribution in [0.2, 0.25) is 5.15 Å². The first kappa shape index (κ1) is 14.8. The molecular weight excluding hydrogens is 298 g/mol. The second-order valence-corrected chi connectivity index (χ2v) is 4.54. The van der Waals surface area contributed by atoms with Crippen LogP contribution in [0.4, 0.5) is 11.6 Å². The lowest BCUT2D eigenvalue weighted by Crippen LogP contribution is -2.17. The van der Waals surface area contributed by atoms with Gasteiger partial charge in [0.1, 0.15) is 5.56 Å². The molecule has 2 aromatic rings. The summed E-state index contributed by atoms with van der Waals surface area (Å²) in [5, 5.41) is 13.0. The van der Waals surface area contributed by atoms with Gasteiger partial charge in [0.25, 0.3) is 5.91 Å². The fraction of sp³-hybridized carbons (Fsp3) is 0.167. The van der Waals surface area contributed by atoms with Gasteiger partial charge in [-0.2, -0.15) is 0 Å². The van der Waals surface area contributed by atoms with Crippen LogP contribution in [0.1, 0.15) is 21.7 Å². The van der Waals surface area contributed by atoms with Crippen molar-refractivity contribution in [3.8, 4) is 0 Å². The van der Waals surface area contributed by atoms with E-state index in [0.29, 0.717) is 11.4 Å². The number of carbonyl (C=O) groups excluding carboxylic acids is 1. The summed E-state index contributed by atoms with van der Waals surface area (Å²) in [5.41, 5.74) is 0.573. The van der Waals surface area contributed by atoms with Crippen molar-refractivity contribution >= 4 is 29.1 Å². The molecule has 0 aliphatic heterocycles. The Kier molecular flexibility index (Phi) is 4.08. The van der Waals surface area contributed by atoms with Gasteiger partial charge in [-0.15, -0.1) is 0 Å². The fourth-order valence-corrected chi connectivity index (χ4v) is 1.96. The average molecular weight is 308 g/mol. The molecule has 8 nitrogen and oxygen atoms in total. The lowest BCUT2D eigenvalue weighted by Gasteiger charge is -2.06. The first-order chi connectivity index (χ1) is 9.88. The van der Waals surface area contributed by atoms with Crippen LogP contribution in [-0.2, 0) is 0 Å². The molecule has 2 heterocycles. The molecule has 1 amide bonds. The van der Waals surface area contributed by atoms with Gasteiger partial charge in [-0.05, 0) is 26.0 Å². The van der Waals surface area contributed by atoms with E-state index in [-0.39, 0.29) is 16.7 Å². The highest BCUT2D eigenvalue weighted by molar-refractivity contribution is 6.32. The summed E-state index contributed by atoms with van der Waals surface area (Å²) in [6, 6.07) is 2.95. The summed E-state index contributed by atoms with van der Waals surface area (Å²) >= 11 is 5.66. The minimum absolute atomic E-state index is 0.0692. The number of rotatable bonds is 3. The molecule has 2 rings (SSSR count). The number of hydrogen-bond donors (Lipinski definition) is 1. The highest BCUT2D eigenvalue weighted by Crippen LogP contribution is 2.26. The average Bonchev–Trinajstić information content (AvgIpc) is 2.36. The summed E-state index contributed by atoms with van der Waals surface area (Å²) < 4.78 is 0. The number of nitro groups is 1. The zero-order chi connectivity index (χ0) is 15.6. The maximum absolute atomic E-state index is 12.1. The van der Waals surface area contributed by atoms with Crippen LogP contribution in [0.15, 0.2) is 18.3 Å². The number of halogens is 1. The van der Waals surface area contributed by atoms with Gasteiger partial charge in [0.15, 0.2) is 0 Å². The number of pyridine rings is 1. The van der Waals surface area contributed by atoms with Crippen LogP contribution in [-0.4, -0.2) is 25.8 Å². The van der Waals surface area contributed by atoms with Crippen LogP contribution in [0.5, 0.6) is 0 Å². The predicted molar refractivity (Wildman–Crippen MR) is 75.4 cm³/mol. The molecule has 0 fully saturated rings. The summed E-state index contributed by atoms with van der Waals surface area (Å²) in [7, 11) is 0.